The molecule has 0 aliphatic carbocycles. The molecule has 0 radical (unpaired) electrons. The summed E-state index contributed by atoms with van der Waals surface area (Å²) in [6.45, 7) is 9.58. The second kappa shape index (κ2) is 17.3. The van der Waals surface area contributed by atoms with Crippen LogP contribution in [0.5, 0.6) is 5.75 Å². The number of aliphatic hydroxyl groups excluding tert-OH is 1. The first-order valence-electron chi connectivity index (χ1n) is 17.0. The molecule has 2 aromatic heterocycles. The van der Waals surface area contributed by atoms with Crippen LogP contribution in [-0.2, 0) is 20.0 Å². The summed E-state index contributed by atoms with van der Waals surface area (Å²) in [5, 5.41) is 15.4. The Balaban J connectivity index is 0.00000297. The maximum atomic E-state index is 13.0. The molecular weight excluding hydrogens is 701 g/mol. The zero-order valence-electron chi connectivity index (χ0n) is 31.2. The third-order valence-electron chi connectivity index (χ3n) is 9.44. The van der Waals surface area contributed by atoms with Crippen molar-refractivity contribution in [3.63, 3.8) is 0 Å². The van der Waals surface area contributed by atoms with Gasteiger partial charge in [-0.3, -0.25) is 14.3 Å². The zero-order valence-corrected chi connectivity index (χ0v) is 32.7. The van der Waals surface area contributed by atoms with Crippen molar-refractivity contribution in [2.75, 3.05) is 50.0 Å². The quantitative estimate of drug-likeness (QED) is 0.0352. The minimum Gasteiger partial charge on any atom is -0.494 e. The van der Waals surface area contributed by atoms with Gasteiger partial charge in [-0.05, 0) is 94.0 Å². The Hall–Kier alpha value is -4.55. The molecule has 0 saturated heterocycles. The summed E-state index contributed by atoms with van der Waals surface area (Å²) in [5.74, 6) is 6.78. The number of nitrogen functional groups attached to an aromatic ring is 1. The molecule has 52 heavy (non-hydrogen) atoms. The summed E-state index contributed by atoms with van der Waals surface area (Å²) in [6.07, 6.45) is 3.70. The molecule has 2 heterocycles. The topological polar surface area (TPSA) is 145 Å². The number of hydrogen-bond acceptors (Lipinski definition) is 9. The third-order valence-corrected chi connectivity index (χ3v) is 10.4. The third kappa shape index (κ3) is 8.08. The molecule has 0 aliphatic heterocycles. The van der Waals surface area contributed by atoms with Gasteiger partial charge in [-0.15, -0.1) is 0 Å². The number of halogens is 2. The molecule has 11 nitrogen and oxygen atoms in total. The molecule has 13 heteroatoms. The monoisotopic (exact) mass is 749 g/mol. The van der Waals surface area contributed by atoms with Gasteiger partial charge in [-0.2, -0.15) is 5.10 Å². The minimum absolute atomic E-state index is 0.332. The zero-order chi connectivity index (χ0) is 38.4. The van der Waals surface area contributed by atoms with Crippen molar-refractivity contribution >= 4 is 63.7 Å². The fourth-order valence-corrected chi connectivity index (χ4v) is 7.15. The normalized spacial score (nSPS) is 11.0. The molecule has 0 spiro atoms. The molecule has 0 bridgehead atoms. The van der Waals surface area contributed by atoms with E-state index in [1.54, 1.807) is 13.1 Å². The number of aromatic nitrogens is 3. The molecule has 0 unspecified atom stereocenters. The summed E-state index contributed by atoms with van der Waals surface area (Å²) >= 11 is 13.4. The van der Waals surface area contributed by atoms with Gasteiger partial charge >= 0.3 is 0 Å². The van der Waals surface area contributed by atoms with Crippen molar-refractivity contribution < 1.29 is 19.4 Å². The van der Waals surface area contributed by atoms with E-state index in [0.717, 1.165) is 86.2 Å². The van der Waals surface area contributed by atoms with Crippen LogP contribution >= 0.6 is 23.2 Å². The average Bonchev–Trinajstić information content (AvgIpc) is 3.56. The van der Waals surface area contributed by atoms with Crippen LogP contribution < -0.4 is 26.2 Å². The van der Waals surface area contributed by atoms with Crippen LogP contribution in [-0.4, -0.2) is 66.4 Å². The van der Waals surface area contributed by atoms with Gasteiger partial charge in [-0.1, -0.05) is 29.3 Å². The highest BCUT2D eigenvalue weighted by molar-refractivity contribution is 6.35. The van der Waals surface area contributed by atoms with E-state index < -0.39 is 0 Å². The largest absolute Gasteiger partial charge is 0.494 e. The van der Waals surface area contributed by atoms with E-state index in [-0.39, 0.29) is 0 Å². The number of benzene rings is 3. The van der Waals surface area contributed by atoms with E-state index >= 15 is 0 Å². The lowest BCUT2D eigenvalue weighted by atomic mass is 9.98. The lowest BCUT2D eigenvalue weighted by molar-refractivity contribution is 0.111. The van der Waals surface area contributed by atoms with E-state index in [2.05, 4.69) is 9.67 Å². The average molecular weight is 751 g/mol. The van der Waals surface area contributed by atoms with E-state index in [1.165, 1.54) is 5.01 Å². The molecule has 0 aliphatic rings. The molecule has 5 rings (SSSR count). The highest BCUT2D eigenvalue weighted by atomic mass is 35.5. The second-order valence-corrected chi connectivity index (χ2v) is 13.7. The fourth-order valence-electron chi connectivity index (χ4n) is 6.79. The molecule has 3 aromatic carbocycles. The van der Waals surface area contributed by atoms with E-state index in [9.17, 15) is 9.59 Å². The fraction of sp³-hybridized carbons (Fsp3) is 0.359. The van der Waals surface area contributed by atoms with Gasteiger partial charge in [-0.25, -0.2) is 5.84 Å². The number of aliphatic hydroxyl groups is 1. The number of nitrogens with zero attached hydrogens (tertiary/aromatic N) is 5. The van der Waals surface area contributed by atoms with Crippen LogP contribution in [0.4, 0.5) is 17.1 Å². The summed E-state index contributed by atoms with van der Waals surface area (Å²) in [6, 6.07) is 11.4. The number of anilines is 3. The number of fused-ring (bicyclic) bond motifs is 1. The van der Waals surface area contributed by atoms with Crippen LogP contribution in [0.3, 0.4) is 0 Å². The summed E-state index contributed by atoms with van der Waals surface area (Å²) in [4.78, 5) is 26.8. The SMILES string of the molecule is CO.Cc1cc(OCCCc2c(C=O)n(CCCN(C)c3cc(C=O)c(N)c(N(C)N)c3)c3c(-c4c(C)nn(C)c4C)c(Cl)ccc23)cc(C)c1Cl. The lowest BCUT2D eigenvalue weighted by Gasteiger charge is -2.24. The van der Waals surface area contributed by atoms with Crippen molar-refractivity contribution in [2.24, 2.45) is 12.9 Å². The standard InChI is InChI=1S/C38H45Cl2N7O3.CH4O/c1-22-16-28(17-23(2)36(22)40)50-15-8-10-29-30-11-12-31(39)35(34-24(3)43-46(7)25(34)4)38(30)47(33(29)21-49)14-9-13-44(5)27-18-26(20-48)37(41)32(19-27)45(6)42;1-2/h11-12,16-21H,8-10,13-15,41-42H2,1-7H3;2H,1H3. The van der Waals surface area contributed by atoms with Crippen molar-refractivity contribution in [1.82, 2.24) is 14.3 Å². The van der Waals surface area contributed by atoms with Crippen LogP contribution in [0.1, 0.15) is 61.8 Å². The molecular formula is C39H49Cl2N7O4. The lowest BCUT2D eigenvalue weighted by Crippen LogP contribution is -2.27. The highest BCUT2D eigenvalue weighted by Gasteiger charge is 2.25. The first kappa shape index (κ1) is 40.2. The molecule has 0 fully saturated rings. The first-order chi connectivity index (χ1) is 24.8. The summed E-state index contributed by atoms with van der Waals surface area (Å²) in [5.41, 5.74) is 16.3. The number of hydrazine groups is 1. The smallest absolute Gasteiger partial charge is 0.166 e. The van der Waals surface area contributed by atoms with Gasteiger partial charge in [0.15, 0.2) is 12.6 Å². The van der Waals surface area contributed by atoms with Crippen LogP contribution in [0.25, 0.3) is 22.0 Å². The number of carbonyl (C=O) groups is 2. The van der Waals surface area contributed by atoms with Crippen molar-refractivity contribution in [3.8, 4) is 16.9 Å². The van der Waals surface area contributed by atoms with Crippen molar-refractivity contribution in [3.05, 3.63) is 85.8 Å². The Bertz CT molecular complexity index is 2060. The molecule has 5 aromatic rings. The Morgan fingerprint density at radius 2 is 1.63 bits per heavy atom. The number of hydrogen-bond donors (Lipinski definition) is 3. The molecule has 0 saturated carbocycles. The van der Waals surface area contributed by atoms with Gasteiger partial charge in [0.2, 0.25) is 0 Å². The molecule has 278 valence electrons. The number of nitrogens with two attached hydrogens (primary N) is 2. The number of aldehydes is 2. The summed E-state index contributed by atoms with van der Waals surface area (Å²) < 4.78 is 10.1. The van der Waals surface area contributed by atoms with Gasteiger partial charge < -0.3 is 30.1 Å². The molecule has 5 N–H and O–H groups in total. The Morgan fingerprint density at radius 3 is 2.21 bits per heavy atom. The van der Waals surface area contributed by atoms with E-state index in [0.29, 0.717) is 66.6 Å². The molecule has 0 amide bonds. The Morgan fingerprint density at radius 1 is 0.962 bits per heavy atom. The maximum Gasteiger partial charge on any atom is 0.166 e. The predicted octanol–water partition coefficient (Wildman–Crippen LogP) is 7.25. The number of rotatable bonds is 14. The summed E-state index contributed by atoms with van der Waals surface area (Å²) in [7, 11) is 6.55. The van der Waals surface area contributed by atoms with Gasteiger partial charge in [0, 0.05) is 79.8 Å². The van der Waals surface area contributed by atoms with Crippen molar-refractivity contribution in [2.45, 2.75) is 53.5 Å². The van der Waals surface area contributed by atoms with Crippen LogP contribution in [0.2, 0.25) is 10.0 Å². The van der Waals surface area contributed by atoms with Gasteiger partial charge in [0.05, 0.1) is 39.9 Å². The first-order valence-corrected chi connectivity index (χ1v) is 17.8. The van der Waals surface area contributed by atoms with E-state index in [1.807, 2.05) is 81.7 Å². The van der Waals surface area contributed by atoms with Crippen LogP contribution in [0.15, 0.2) is 36.4 Å². The van der Waals surface area contributed by atoms with Crippen LogP contribution in [0, 0.1) is 27.7 Å². The molecule has 0 atom stereocenters. The minimum atomic E-state index is 0.332. The maximum absolute atomic E-state index is 13.0. The van der Waals surface area contributed by atoms with Gasteiger partial charge in [0.1, 0.15) is 5.75 Å². The Labute approximate surface area is 315 Å². The van der Waals surface area contributed by atoms with Gasteiger partial charge in [0.25, 0.3) is 0 Å². The predicted molar refractivity (Wildman–Crippen MR) is 214 cm³/mol. The number of aryl methyl sites for hydroxylation is 6. The number of ether oxygens (including phenoxy) is 1. The highest BCUT2D eigenvalue weighted by Crippen LogP contribution is 2.42. The Kier molecular flexibility index (Phi) is 13.4. The second-order valence-electron chi connectivity index (χ2n) is 12.9. The van der Waals surface area contributed by atoms with E-state index in [4.69, 9.17) is 44.6 Å². The van der Waals surface area contributed by atoms with Crippen molar-refractivity contribution in [1.29, 1.82) is 0 Å². The number of carbonyl (C=O) groups excluding carboxylic acids is 2.